The van der Waals surface area contributed by atoms with Crippen LogP contribution in [-0.4, -0.2) is 41.6 Å². The molecule has 0 spiro atoms. The number of amides is 1. The van der Waals surface area contributed by atoms with E-state index in [-0.39, 0.29) is 24.7 Å². The number of anilines is 1. The minimum atomic E-state index is -0.156. The Morgan fingerprint density at radius 1 is 1.55 bits per heavy atom. The molecular weight excluding hydrogens is 282 g/mol. The van der Waals surface area contributed by atoms with E-state index in [2.05, 4.69) is 31.2 Å². The van der Waals surface area contributed by atoms with Crippen molar-refractivity contribution in [2.24, 2.45) is 5.92 Å². The summed E-state index contributed by atoms with van der Waals surface area (Å²) < 4.78 is 12.7. The summed E-state index contributed by atoms with van der Waals surface area (Å²) in [6.45, 7) is 7.79. The quantitative estimate of drug-likeness (QED) is 0.801. The van der Waals surface area contributed by atoms with E-state index < -0.39 is 0 Å². The van der Waals surface area contributed by atoms with Crippen molar-refractivity contribution in [3.8, 4) is 0 Å². The van der Waals surface area contributed by atoms with Crippen LogP contribution in [0.4, 0.5) is 5.82 Å². The van der Waals surface area contributed by atoms with Gasteiger partial charge in [0, 0.05) is 12.7 Å². The molecule has 1 aromatic rings. The lowest BCUT2D eigenvalue weighted by Crippen LogP contribution is -2.24. The topological polar surface area (TPSA) is 65.4 Å². The first-order valence-electron chi connectivity index (χ1n) is 8.09. The summed E-state index contributed by atoms with van der Waals surface area (Å²) in [6.07, 6.45) is 4.96. The molecule has 6 nitrogen and oxygen atoms in total. The van der Waals surface area contributed by atoms with Crippen LogP contribution in [-0.2, 0) is 14.3 Å². The van der Waals surface area contributed by atoms with Crippen LogP contribution in [0.1, 0.15) is 46.1 Å². The molecule has 2 atom stereocenters. The van der Waals surface area contributed by atoms with Gasteiger partial charge in [-0.15, -0.1) is 0 Å². The van der Waals surface area contributed by atoms with E-state index in [1.54, 1.807) is 6.20 Å². The standard InChI is InChI=1S/C16H27N3O3/c1-12(2)9-13(3)19-15(6-7-17-19)18-16(20)11-21-10-14-5-4-8-22-14/h6-7,12-14H,4-5,8-11H2,1-3H3,(H,18,20)/t13-,14+/m0/s1. The Labute approximate surface area is 132 Å². The molecule has 1 aromatic heterocycles. The van der Waals surface area contributed by atoms with Crippen LogP contribution in [0.2, 0.25) is 0 Å². The van der Waals surface area contributed by atoms with Gasteiger partial charge >= 0.3 is 0 Å². The summed E-state index contributed by atoms with van der Waals surface area (Å²) in [5.74, 6) is 1.15. The molecular formula is C16H27N3O3. The average molecular weight is 309 g/mol. The Morgan fingerprint density at radius 2 is 2.36 bits per heavy atom. The fraction of sp³-hybridized carbons (Fsp3) is 0.750. The van der Waals surface area contributed by atoms with Crippen LogP contribution in [0.5, 0.6) is 0 Å². The third-order valence-corrected chi connectivity index (χ3v) is 3.73. The molecule has 1 aliphatic heterocycles. The van der Waals surface area contributed by atoms with Crippen LogP contribution >= 0.6 is 0 Å². The smallest absolute Gasteiger partial charge is 0.251 e. The normalized spacial score (nSPS) is 19.5. The lowest BCUT2D eigenvalue weighted by Gasteiger charge is -2.18. The summed E-state index contributed by atoms with van der Waals surface area (Å²) in [5, 5.41) is 7.17. The predicted molar refractivity (Wildman–Crippen MR) is 84.8 cm³/mol. The maximum atomic E-state index is 12.0. The Morgan fingerprint density at radius 3 is 3.05 bits per heavy atom. The first-order chi connectivity index (χ1) is 10.6. The first-order valence-corrected chi connectivity index (χ1v) is 8.09. The number of aromatic nitrogens is 2. The molecule has 22 heavy (non-hydrogen) atoms. The van der Waals surface area contributed by atoms with Gasteiger partial charge in [-0.2, -0.15) is 5.10 Å². The Hall–Kier alpha value is -1.40. The minimum absolute atomic E-state index is 0.0452. The van der Waals surface area contributed by atoms with Gasteiger partial charge in [-0.3, -0.25) is 4.79 Å². The van der Waals surface area contributed by atoms with Crippen LogP contribution in [0.25, 0.3) is 0 Å². The number of hydrogen-bond acceptors (Lipinski definition) is 4. The van der Waals surface area contributed by atoms with E-state index >= 15 is 0 Å². The molecule has 0 aliphatic carbocycles. The number of carbonyl (C=O) groups excluding carboxylic acids is 1. The maximum Gasteiger partial charge on any atom is 0.251 e. The van der Waals surface area contributed by atoms with E-state index in [0.717, 1.165) is 31.7 Å². The lowest BCUT2D eigenvalue weighted by atomic mass is 10.1. The van der Waals surface area contributed by atoms with Crippen molar-refractivity contribution in [2.45, 2.75) is 52.2 Å². The number of nitrogens with one attached hydrogen (secondary N) is 1. The largest absolute Gasteiger partial charge is 0.376 e. The van der Waals surface area contributed by atoms with E-state index in [9.17, 15) is 4.79 Å². The summed E-state index contributed by atoms with van der Waals surface area (Å²) in [5.41, 5.74) is 0. The van der Waals surface area contributed by atoms with Gasteiger partial charge in [0.1, 0.15) is 12.4 Å². The van der Waals surface area contributed by atoms with Crippen molar-refractivity contribution in [1.29, 1.82) is 0 Å². The molecule has 124 valence electrons. The molecule has 1 N–H and O–H groups in total. The van der Waals surface area contributed by atoms with Gasteiger partial charge in [-0.25, -0.2) is 4.68 Å². The molecule has 0 aromatic carbocycles. The summed E-state index contributed by atoms with van der Waals surface area (Å²) in [4.78, 5) is 12.0. The Bertz CT molecular complexity index is 467. The zero-order valence-electron chi connectivity index (χ0n) is 13.7. The average Bonchev–Trinajstić information content (AvgIpc) is 3.09. The zero-order valence-corrected chi connectivity index (χ0v) is 13.7. The van der Waals surface area contributed by atoms with Crippen molar-refractivity contribution in [1.82, 2.24) is 9.78 Å². The van der Waals surface area contributed by atoms with E-state index in [4.69, 9.17) is 9.47 Å². The van der Waals surface area contributed by atoms with E-state index in [1.165, 1.54) is 0 Å². The van der Waals surface area contributed by atoms with Crippen molar-refractivity contribution >= 4 is 11.7 Å². The minimum Gasteiger partial charge on any atom is -0.376 e. The predicted octanol–water partition coefficient (Wildman–Crippen LogP) is 2.62. The van der Waals surface area contributed by atoms with Crippen molar-refractivity contribution < 1.29 is 14.3 Å². The Kier molecular flexibility index (Phi) is 6.39. The highest BCUT2D eigenvalue weighted by molar-refractivity contribution is 5.90. The van der Waals surface area contributed by atoms with Gasteiger partial charge in [-0.1, -0.05) is 13.8 Å². The maximum absolute atomic E-state index is 12.0. The summed E-state index contributed by atoms with van der Waals surface area (Å²) in [7, 11) is 0. The molecule has 0 saturated carbocycles. The molecule has 2 heterocycles. The number of rotatable bonds is 8. The molecule has 2 rings (SSSR count). The highest BCUT2D eigenvalue weighted by atomic mass is 16.5. The fourth-order valence-electron chi connectivity index (χ4n) is 2.78. The number of nitrogens with zero attached hydrogens (tertiary/aromatic N) is 2. The van der Waals surface area contributed by atoms with Crippen LogP contribution in [0, 0.1) is 5.92 Å². The van der Waals surface area contributed by atoms with Crippen molar-refractivity contribution in [3.05, 3.63) is 12.3 Å². The lowest BCUT2D eigenvalue weighted by molar-refractivity contribution is -0.121. The monoisotopic (exact) mass is 309 g/mol. The van der Waals surface area contributed by atoms with Crippen LogP contribution in [0.3, 0.4) is 0 Å². The van der Waals surface area contributed by atoms with Gasteiger partial charge in [-0.05, 0) is 32.1 Å². The highest BCUT2D eigenvalue weighted by Crippen LogP contribution is 2.20. The van der Waals surface area contributed by atoms with Crippen LogP contribution in [0.15, 0.2) is 12.3 Å². The fourth-order valence-corrected chi connectivity index (χ4v) is 2.78. The summed E-state index contributed by atoms with van der Waals surface area (Å²) >= 11 is 0. The number of carbonyl (C=O) groups is 1. The second-order valence-corrected chi connectivity index (χ2v) is 6.34. The highest BCUT2D eigenvalue weighted by Gasteiger charge is 2.17. The second-order valence-electron chi connectivity index (χ2n) is 6.34. The van der Waals surface area contributed by atoms with Gasteiger partial charge in [0.25, 0.3) is 5.91 Å². The third-order valence-electron chi connectivity index (χ3n) is 3.73. The number of hydrogen-bond donors (Lipinski definition) is 1. The Balaban J connectivity index is 1.77. The molecule has 0 bridgehead atoms. The first kappa shape index (κ1) is 17.0. The molecule has 1 saturated heterocycles. The molecule has 1 aliphatic rings. The van der Waals surface area contributed by atoms with Crippen molar-refractivity contribution in [2.75, 3.05) is 25.1 Å². The van der Waals surface area contributed by atoms with E-state index in [1.807, 2.05) is 10.7 Å². The SMILES string of the molecule is CC(C)C[C@H](C)n1nccc1NC(=O)COC[C@H]1CCCO1. The van der Waals surface area contributed by atoms with Crippen molar-refractivity contribution in [3.63, 3.8) is 0 Å². The number of ether oxygens (including phenoxy) is 2. The molecule has 1 fully saturated rings. The van der Waals surface area contributed by atoms with Gasteiger partial charge in [0.05, 0.1) is 24.9 Å². The molecule has 6 heteroatoms. The van der Waals surface area contributed by atoms with Crippen LogP contribution < -0.4 is 5.32 Å². The second kappa shape index (κ2) is 8.29. The third kappa shape index (κ3) is 5.10. The van der Waals surface area contributed by atoms with Gasteiger partial charge in [0.15, 0.2) is 0 Å². The van der Waals surface area contributed by atoms with E-state index in [0.29, 0.717) is 12.5 Å². The molecule has 1 amide bonds. The molecule has 0 radical (unpaired) electrons. The molecule has 0 unspecified atom stereocenters. The summed E-state index contributed by atoms with van der Waals surface area (Å²) in [6, 6.07) is 2.06. The van der Waals surface area contributed by atoms with Gasteiger partial charge < -0.3 is 14.8 Å². The zero-order chi connectivity index (χ0) is 15.9. The van der Waals surface area contributed by atoms with Gasteiger partial charge in [0.2, 0.25) is 0 Å².